The molecule has 2 amide bonds. The van der Waals surface area contributed by atoms with E-state index < -0.39 is 10.0 Å². The second-order valence-electron chi connectivity index (χ2n) is 11.4. The van der Waals surface area contributed by atoms with Gasteiger partial charge in [-0.3, -0.25) is 9.59 Å². The van der Waals surface area contributed by atoms with E-state index >= 15 is 0 Å². The molecule has 9 nitrogen and oxygen atoms in total. The largest absolute Gasteiger partial charge is 0.491 e. The number of ether oxygens (including phenoxy) is 2. The number of para-hydroxylation sites is 1. The van der Waals surface area contributed by atoms with Gasteiger partial charge in [0.25, 0.3) is 5.91 Å². The second kappa shape index (κ2) is 15.5. The van der Waals surface area contributed by atoms with Crippen LogP contribution in [-0.4, -0.2) is 99.7 Å². The number of benzene rings is 2. The summed E-state index contributed by atoms with van der Waals surface area (Å²) in [6.07, 6.45) is 6.16. The summed E-state index contributed by atoms with van der Waals surface area (Å²) >= 11 is 0. The van der Waals surface area contributed by atoms with Gasteiger partial charge in [0.05, 0.1) is 24.5 Å². The molecule has 2 aliphatic rings. The molecule has 1 atom stereocenters. The number of rotatable bonds is 8. The number of piperidine rings is 1. The summed E-state index contributed by atoms with van der Waals surface area (Å²) in [5, 5.41) is 0. The van der Waals surface area contributed by atoms with Crippen LogP contribution in [0.25, 0.3) is 0 Å². The molecule has 0 saturated carbocycles. The fraction of sp³-hybridized carbons (Fsp3) is 0.562. The SMILES string of the molecule is COCCN1CCCCCN(C(=O)CC2CCN(S(C)(=O)=O)CC2)[C@@H](Cc2ccccc2)COc2ccccc2C1=O. The lowest BCUT2D eigenvalue weighted by Crippen LogP contribution is -2.47. The fourth-order valence-electron chi connectivity index (χ4n) is 5.87. The Kier molecular flexibility index (Phi) is 11.8. The molecule has 0 radical (unpaired) electrons. The first-order chi connectivity index (χ1) is 20.3. The third-order valence-corrected chi connectivity index (χ3v) is 9.61. The fourth-order valence-corrected chi connectivity index (χ4v) is 6.74. The van der Waals surface area contributed by atoms with Crippen LogP contribution in [-0.2, 0) is 26.0 Å². The predicted molar refractivity (Wildman–Crippen MR) is 163 cm³/mol. The highest BCUT2D eigenvalue weighted by atomic mass is 32.2. The van der Waals surface area contributed by atoms with Crippen LogP contribution in [0.4, 0.5) is 0 Å². The van der Waals surface area contributed by atoms with E-state index in [9.17, 15) is 18.0 Å². The lowest BCUT2D eigenvalue weighted by Gasteiger charge is -2.35. The molecule has 230 valence electrons. The van der Waals surface area contributed by atoms with E-state index in [2.05, 4.69) is 12.1 Å². The van der Waals surface area contributed by atoms with Crippen LogP contribution in [0.5, 0.6) is 5.75 Å². The number of nitrogens with zero attached hydrogens (tertiary/aromatic N) is 3. The van der Waals surface area contributed by atoms with Gasteiger partial charge in [0.1, 0.15) is 12.4 Å². The van der Waals surface area contributed by atoms with Gasteiger partial charge in [-0.2, -0.15) is 0 Å². The molecule has 10 heteroatoms. The Bertz CT molecular complexity index is 1260. The Morgan fingerprint density at radius 2 is 1.64 bits per heavy atom. The summed E-state index contributed by atoms with van der Waals surface area (Å²) in [5.41, 5.74) is 1.63. The predicted octanol–water partition coefficient (Wildman–Crippen LogP) is 3.84. The minimum atomic E-state index is -3.22. The van der Waals surface area contributed by atoms with Crippen LogP contribution in [0.15, 0.2) is 54.6 Å². The Hall–Kier alpha value is -2.95. The first-order valence-corrected chi connectivity index (χ1v) is 16.9. The van der Waals surface area contributed by atoms with Crippen molar-refractivity contribution in [2.75, 3.05) is 59.3 Å². The van der Waals surface area contributed by atoms with Crippen molar-refractivity contribution in [1.82, 2.24) is 14.1 Å². The van der Waals surface area contributed by atoms with Gasteiger partial charge in [-0.25, -0.2) is 12.7 Å². The highest BCUT2D eigenvalue weighted by Crippen LogP contribution is 2.26. The van der Waals surface area contributed by atoms with Gasteiger partial charge in [-0.1, -0.05) is 42.5 Å². The maximum atomic E-state index is 14.0. The van der Waals surface area contributed by atoms with Gasteiger partial charge in [0.2, 0.25) is 15.9 Å². The summed E-state index contributed by atoms with van der Waals surface area (Å²) in [7, 11) is -1.58. The molecule has 2 aromatic rings. The van der Waals surface area contributed by atoms with Crippen molar-refractivity contribution >= 4 is 21.8 Å². The monoisotopic (exact) mass is 599 g/mol. The molecule has 0 unspecified atom stereocenters. The van der Waals surface area contributed by atoms with E-state index in [1.165, 1.54) is 10.6 Å². The molecule has 2 aromatic carbocycles. The molecule has 0 N–H and O–H groups in total. The van der Waals surface area contributed by atoms with Crippen LogP contribution in [0.3, 0.4) is 0 Å². The zero-order valence-electron chi connectivity index (χ0n) is 24.9. The van der Waals surface area contributed by atoms with E-state index in [0.717, 1.165) is 24.8 Å². The first-order valence-electron chi connectivity index (χ1n) is 15.0. The number of carbonyl (C=O) groups excluding carboxylic acids is 2. The summed E-state index contributed by atoms with van der Waals surface area (Å²) in [4.78, 5) is 31.4. The van der Waals surface area contributed by atoms with E-state index in [0.29, 0.717) is 76.3 Å². The Morgan fingerprint density at radius 1 is 0.952 bits per heavy atom. The molecule has 2 aliphatic heterocycles. The Balaban J connectivity index is 1.57. The molecule has 1 fully saturated rings. The molecule has 0 aliphatic carbocycles. The highest BCUT2D eigenvalue weighted by molar-refractivity contribution is 7.88. The minimum Gasteiger partial charge on any atom is -0.491 e. The molecule has 4 rings (SSSR count). The molecule has 0 bridgehead atoms. The van der Waals surface area contributed by atoms with E-state index in [-0.39, 0.29) is 30.4 Å². The average molecular weight is 600 g/mol. The van der Waals surface area contributed by atoms with Gasteiger partial charge >= 0.3 is 0 Å². The van der Waals surface area contributed by atoms with Crippen LogP contribution in [0.2, 0.25) is 0 Å². The molecule has 1 saturated heterocycles. The van der Waals surface area contributed by atoms with E-state index in [1.54, 1.807) is 13.2 Å². The highest BCUT2D eigenvalue weighted by Gasteiger charge is 2.31. The number of carbonyl (C=O) groups is 2. The van der Waals surface area contributed by atoms with Crippen molar-refractivity contribution in [2.24, 2.45) is 5.92 Å². The van der Waals surface area contributed by atoms with Crippen LogP contribution < -0.4 is 4.74 Å². The lowest BCUT2D eigenvalue weighted by molar-refractivity contribution is -0.135. The minimum absolute atomic E-state index is 0.0742. The Labute approximate surface area is 250 Å². The van der Waals surface area contributed by atoms with Crippen LogP contribution in [0.1, 0.15) is 54.4 Å². The summed E-state index contributed by atoms with van der Waals surface area (Å²) < 4.78 is 37.1. The molecule has 0 aromatic heterocycles. The first kappa shape index (κ1) is 32.0. The summed E-state index contributed by atoms with van der Waals surface area (Å²) in [6, 6.07) is 17.2. The number of fused-ring (bicyclic) bond motifs is 1. The number of amides is 2. The Morgan fingerprint density at radius 3 is 2.36 bits per heavy atom. The molecule has 0 spiro atoms. The van der Waals surface area contributed by atoms with Gasteiger partial charge in [-0.15, -0.1) is 0 Å². The zero-order chi connectivity index (χ0) is 30.0. The van der Waals surface area contributed by atoms with Gasteiger partial charge < -0.3 is 19.3 Å². The van der Waals surface area contributed by atoms with Gasteiger partial charge in [0.15, 0.2) is 0 Å². The smallest absolute Gasteiger partial charge is 0.257 e. The maximum absolute atomic E-state index is 14.0. The van der Waals surface area contributed by atoms with Crippen molar-refractivity contribution < 1.29 is 27.5 Å². The standard InChI is InChI=1S/C32H45N3O6S/c1-40-22-21-33-17-9-4-10-18-35(31(36)24-27-15-19-34(20-16-27)42(2,38)39)28(23-26-11-5-3-6-12-26)25-41-30-14-8-7-13-29(30)32(33)37/h3,5-8,11-14,27-28H,4,9-10,15-25H2,1-2H3/t28-/m0/s1. The second-order valence-corrected chi connectivity index (χ2v) is 13.4. The molecule has 2 heterocycles. The lowest BCUT2D eigenvalue weighted by atomic mass is 9.93. The molecule has 42 heavy (non-hydrogen) atoms. The van der Waals surface area contributed by atoms with Crippen molar-refractivity contribution in [2.45, 2.75) is 51.0 Å². The van der Waals surface area contributed by atoms with Crippen LogP contribution >= 0.6 is 0 Å². The average Bonchev–Trinajstić information content (AvgIpc) is 2.99. The zero-order valence-corrected chi connectivity index (χ0v) is 25.8. The normalized spacial score (nSPS) is 20.1. The number of hydrogen-bond donors (Lipinski definition) is 0. The summed E-state index contributed by atoms with van der Waals surface area (Å²) in [5.74, 6) is 0.669. The maximum Gasteiger partial charge on any atom is 0.257 e. The third kappa shape index (κ3) is 9.02. The van der Waals surface area contributed by atoms with Crippen molar-refractivity contribution in [3.8, 4) is 5.75 Å². The van der Waals surface area contributed by atoms with Gasteiger partial charge in [-0.05, 0) is 62.1 Å². The van der Waals surface area contributed by atoms with E-state index in [1.807, 2.05) is 46.2 Å². The third-order valence-electron chi connectivity index (χ3n) is 8.31. The summed E-state index contributed by atoms with van der Waals surface area (Å²) in [6.45, 7) is 3.35. The number of hydrogen-bond acceptors (Lipinski definition) is 6. The van der Waals surface area contributed by atoms with E-state index in [4.69, 9.17) is 9.47 Å². The topological polar surface area (TPSA) is 96.5 Å². The molecular formula is C32H45N3O6S. The van der Waals surface area contributed by atoms with Crippen molar-refractivity contribution in [3.63, 3.8) is 0 Å². The quantitative estimate of drug-likeness (QED) is 0.458. The number of sulfonamides is 1. The number of methoxy groups -OCH3 is 1. The van der Waals surface area contributed by atoms with Crippen LogP contribution in [0, 0.1) is 5.92 Å². The van der Waals surface area contributed by atoms with Gasteiger partial charge in [0, 0.05) is 46.3 Å². The van der Waals surface area contributed by atoms with Crippen molar-refractivity contribution in [3.05, 3.63) is 65.7 Å². The molecular weight excluding hydrogens is 554 g/mol. The van der Waals surface area contributed by atoms with Crippen molar-refractivity contribution in [1.29, 1.82) is 0 Å².